The summed E-state index contributed by atoms with van der Waals surface area (Å²) in [5.74, 6) is 0.541. The summed E-state index contributed by atoms with van der Waals surface area (Å²) in [6, 6.07) is 2.74. The second-order valence-electron chi connectivity index (χ2n) is 3.41. The smallest absolute Gasteiger partial charge is 0.267 e. The number of carbonyl (C=O) groups excluding carboxylic acids is 1. The van der Waals surface area contributed by atoms with Crippen LogP contribution >= 0.6 is 0 Å². The largest absolute Gasteiger partial charge is 0.496 e. The lowest BCUT2D eigenvalue weighted by Crippen LogP contribution is -1.99. The van der Waals surface area contributed by atoms with Gasteiger partial charge in [0.05, 0.1) is 19.8 Å². The van der Waals surface area contributed by atoms with Gasteiger partial charge in [-0.1, -0.05) is 0 Å². The van der Waals surface area contributed by atoms with Crippen molar-refractivity contribution in [2.24, 2.45) is 0 Å². The average molecular weight is 244 g/mol. The monoisotopic (exact) mass is 244 g/mol. The number of benzene rings is 1. The van der Waals surface area contributed by atoms with Crippen LogP contribution in [0.25, 0.3) is 0 Å². The summed E-state index contributed by atoms with van der Waals surface area (Å²) in [6.07, 6.45) is -1.24. The van der Waals surface area contributed by atoms with Gasteiger partial charge in [0.25, 0.3) is 6.43 Å². The second-order valence-corrected chi connectivity index (χ2v) is 3.41. The number of hydrogen-bond donors (Lipinski definition) is 0. The molecule has 0 unspecified atom stereocenters. The first-order valence-electron chi connectivity index (χ1n) is 5.10. The Bertz CT molecular complexity index is 392. The summed E-state index contributed by atoms with van der Waals surface area (Å²) in [7, 11) is 2.77. The van der Waals surface area contributed by atoms with Crippen LogP contribution in [-0.2, 0) is 11.2 Å². The maximum atomic E-state index is 12.8. The van der Waals surface area contributed by atoms with Crippen molar-refractivity contribution in [2.45, 2.75) is 19.3 Å². The van der Waals surface area contributed by atoms with Gasteiger partial charge in [-0.3, -0.25) is 0 Å². The number of halogens is 2. The molecule has 0 aliphatic carbocycles. The fourth-order valence-electron chi connectivity index (χ4n) is 1.57. The van der Waals surface area contributed by atoms with Gasteiger partial charge in [0.15, 0.2) is 0 Å². The van der Waals surface area contributed by atoms with Crippen LogP contribution in [0.3, 0.4) is 0 Å². The Balaban J connectivity index is 3.18. The first kappa shape index (κ1) is 13.4. The van der Waals surface area contributed by atoms with E-state index in [4.69, 9.17) is 9.47 Å². The lowest BCUT2D eigenvalue weighted by molar-refractivity contribution is -0.107. The van der Waals surface area contributed by atoms with Gasteiger partial charge in [-0.15, -0.1) is 0 Å². The lowest BCUT2D eigenvalue weighted by atomic mass is 10.0. The van der Waals surface area contributed by atoms with Crippen molar-refractivity contribution in [3.63, 3.8) is 0 Å². The first-order valence-corrected chi connectivity index (χ1v) is 5.10. The topological polar surface area (TPSA) is 35.5 Å². The van der Waals surface area contributed by atoms with Crippen molar-refractivity contribution in [1.29, 1.82) is 0 Å². The number of alkyl halides is 2. The van der Waals surface area contributed by atoms with E-state index in [1.165, 1.54) is 26.4 Å². The Morgan fingerprint density at radius 1 is 1.24 bits per heavy atom. The molecule has 1 rings (SSSR count). The fourth-order valence-corrected chi connectivity index (χ4v) is 1.57. The summed E-state index contributed by atoms with van der Waals surface area (Å²) in [5, 5.41) is 0. The molecule has 17 heavy (non-hydrogen) atoms. The molecule has 1 aromatic carbocycles. The van der Waals surface area contributed by atoms with Crippen LogP contribution in [0.15, 0.2) is 12.1 Å². The Hall–Kier alpha value is -1.65. The van der Waals surface area contributed by atoms with Crippen molar-refractivity contribution in [3.8, 4) is 11.5 Å². The molecular weight excluding hydrogens is 230 g/mol. The molecule has 0 aliphatic rings. The third-order valence-electron chi connectivity index (χ3n) is 2.40. The first-order chi connectivity index (χ1) is 8.13. The molecule has 0 fully saturated rings. The van der Waals surface area contributed by atoms with E-state index in [1.54, 1.807) is 0 Å². The molecule has 0 heterocycles. The molecule has 0 radical (unpaired) electrons. The van der Waals surface area contributed by atoms with E-state index in [0.29, 0.717) is 17.7 Å². The normalized spacial score (nSPS) is 10.4. The van der Waals surface area contributed by atoms with Gasteiger partial charge in [-0.2, -0.15) is 0 Å². The minimum absolute atomic E-state index is 0.0895. The second kappa shape index (κ2) is 6.18. The molecule has 0 saturated carbocycles. The minimum atomic E-state index is -2.62. The highest BCUT2D eigenvalue weighted by Gasteiger charge is 2.17. The zero-order valence-electron chi connectivity index (χ0n) is 9.70. The van der Waals surface area contributed by atoms with Crippen LogP contribution in [0.5, 0.6) is 11.5 Å². The summed E-state index contributed by atoms with van der Waals surface area (Å²) in [5.41, 5.74) is 0.393. The van der Waals surface area contributed by atoms with Crippen LogP contribution in [-0.4, -0.2) is 20.5 Å². The summed E-state index contributed by atoms with van der Waals surface area (Å²) in [6.45, 7) is 0. The van der Waals surface area contributed by atoms with Crippen LogP contribution in [0.4, 0.5) is 8.78 Å². The zero-order valence-corrected chi connectivity index (χ0v) is 9.70. The average Bonchev–Trinajstić information content (AvgIpc) is 2.34. The lowest BCUT2D eigenvalue weighted by Gasteiger charge is -2.13. The zero-order chi connectivity index (χ0) is 12.8. The van der Waals surface area contributed by atoms with Crippen molar-refractivity contribution in [1.82, 2.24) is 0 Å². The molecule has 3 nitrogen and oxygen atoms in total. The number of hydrogen-bond acceptors (Lipinski definition) is 3. The van der Waals surface area contributed by atoms with Crippen molar-refractivity contribution in [3.05, 3.63) is 23.3 Å². The molecule has 0 spiro atoms. The third kappa shape index (κ3) is 3.15. The molecule has 0 bridgehead atoms. The Morgan fingerprint density at radius 2 is 1.88 bits per heavy atom. The number of aryl methyl sites for hydroxylation is 1. The molecule has 0 atom stereocenters. The van der Waals surface area contributed by atoms with E-state index in [0.717, 1.165) is 6.29 Å². The van der Waals surface area contributed by atoms with Crippen molar-refractivity contribution in [2.75, 3.05) is 14.2 Å². The van der Waals surface area contributed by atoms with Crippen LogP contribution in [0.1, 0.15) is 24.0 Å². The van der Waals surface area contributed by atoms with Gasteiger partial charge in [0.2, 0.25) is 0 Å². The SMILES string of the molecule is COc1cc(OC)c(C(F)F)cc1CCC=O. The van der Waals surface area contributed by atoms with Crippen LogP contribution < -0.4 is 9.47 Å². The Kier molecular flexibility index (Phi) is 4.87. The quantitative estimate of drug-likeness (QED) is 0.722. The van der Waals surface area contributed by atoms with E-state index in [9.17, 15) is 13.6 Å². The number of ether oxygens (including phenoxy) is 2. The fraction of sp³-hybridized carbons (Fsp3) is 0.417. The van der Waals surface area contributed by atoms with Gasteiger partial charge in [-0.25, -0.2) is 8.78 Å². The van der Waals surface area contributed by atoms with Crippen molar-refractivity contribution >= 4 is 6.29 Å². The van der Waals surface area contributed by atoms with E-state index < -0.39 is 6.43 Å². The number of carbonyl (C=O) groups is 1. The Morgan fingerprint density at radius 3 is 2.35 bits per heavy atom. The summed E-state index contributed by atoms with van der Waals surface area (Å²) < 4.78 is 35.5. The highest BCUT2D eigenvalue weighted by Crippen LogP contribution is 2.35. The molecule has 0 saturated heterocycles. The molecule has 0 N–H and O–H groups in total. The van der Waals surface area contributed by atoms with Crippen LogP contribution in [0, 0.1) is 0 Å². The Labute approximate surface area is 98.3 Å². The molecule has 94 valence electrons. The van der Waals surface area contributed by atoms with Crippen molar-refractivity contribution < 1.29 is 23.0 Å². The molecule has 0 amide bonds. The maximum absolute atomic E-state index is 12.8. The highest BCUT2D eigenvalue weighted by molar-refractivity contribution is 5.53. The molecule has 5 heteroatoms. The number of aldehydes is 1. The molecule has 1 aromatic rings. The van der Waals surface area contributed by atoms with E-state index in [2.05, 4.69) is 0 Å². The predicted octanol–water partition coefficient (Wildman–Crippen LogP) is 2.77. The summed E-state index contributed by atoms with van der Waals surface area (Å²) >= 11 is 0. The standard InChI is InChI=1S/C12H14F2O3/c1-16-10-7-11(17-2)9(12(13)14)6-8(10)4-3-5-15/h5-7,12H,3-4H2,1-2H3. The maximum Gasteiger partial charge on any atom is 0.267 e. The molecular formula is C12H14F2O3. The van der Waals surface area contributed by atoms with Gasteiger partial charge < -0.3 is 14.3 Å². The number of rotatable bonds is 6. The molecule has 0 aliphatic heterocycles. The number of methoxy groups -OCH3 is 2. The van der Waals surface area contributed by atoms with Gasteiger partial charge in [0, 0.05) is 12.5 Å². The van der Waals surface area contributed by atoms with Gasteiger partial charge >= 0.3 is 0 Å². The minimum Gasteiger partial charge on any atom is -0.496 e. The van der Waals surface area contributed by atoms with E-state index >= 15 is 0 Å². The molecule has 0 aromatic heterocycles. The van der Waals surface area contributed by atoms with Gasteiger partial charge in [0.1, 0.15) is 17.8 Å². The van der Waals surface area contributed by atoms with E-state index in [1.807, 2.05) is 0 Å². The predicted molar refractivity (Wildman–Crippen MR) is 58.9 cm³/mol. The highest BCUT2D eigenvalue weighted by atomic mass is 19.3. The third-order valence-corrected chi connectivity index (χ3v) is 2.40. The van der Waals surface area contributed by atoms with E-state index in [-0.39, 0.29) is 17.7 Å². The van der Waals surface area contributed by atoms with Crippen LogP contribution in [0.2, 0.25) is 0 Å². The summed E-state index contributed by atoms with van der Waals surface area (Å²) in [4.78, 5) is 10.3. The van der Waals surface area contributed by atoms with Gasteiger partial charge in [-0.05, 0) is 18.1 Å².